The van der Waals surface area contributed by atoms with Gasteiger partial charge in [-0.2, -0.15) is 0 Å². The Hall–Kier alpha value is -3.11. The fraction of sp³-hybridized carbons (Fsp3) is 0.150. The summed E-state index contributed by atoms with van der Waals surface area (Å²) < 4.78 is 50.7. The van der Waals surface area contributed by atoms with Crippen LogP contribution in [0.5, 0.6) is 0 Å². The maximum absolute atomic E-state index is 13.2. The van der Waals surface area contributed by atoms with Crippen LogP contribution in [0, 0.1) is 6.92 Å². The van der Waals surface area contributed by atoms with Crippen molar-refractivity contribution in [1.29, 1.82) is 0 Å². The molecule has 0 N–H and O–H groups in total. The lowest BCUT2D eigenvalue weighted by molar-refractivity contribution is 0.588. The molecule has 0 bridgehead atoms. The van der Waals surface area contributed by atoms with E-state index in [1.165, 1.54) is 28.5 Å². The smallest absolute Gasteiger partial charge is 0.237 e. The average Bonchev–Trinajstić information content (AvgIpc) is 3.07. The number of hydrogen-bond acceptors (Lipinski definition) is 7. The van der Waals surface area contributed by atoms with Crippen molar-refractivity contribution >= 4 is 30.9 Å². The van der Waals surface area contributed by atoms with Crippen LogP contribution in [0.15, 0.2) is 71.2 Å². The highest BCUT2D eigenvalue weighted by Gasteiger charge is 2.22. The van der Waals surface area contributed by atoms with Crippen LogP contribution in [0.3, 0.4) is 0 Å². The molecule has 10 heteroatoms. The number of rotatable bonds is 5. The maximum atomic E-state index is 13.2. The first-order valence-corrected chi connectivity index (χ1v) is 12.3. The molecule has 0 spiro atoms. The second-order valence-corrected chi connectivity index (χ2v) is 10.7. The zero-order valence-corrected chi connectivity index (χ0v) is 17.9. The first-order chi connectivity index (χ1) is 14.2. The largest absolute Gasteiger partial charge is 0.269 e. The van der Waals surface area contributed by atoms with Crippen LogP contribution in [0.1, 0.15) is 16.7 Å². The van der Waals surface area contributed by atoms with Gasteiger partial charge in [0.15, 0.2) is 5.65 Å². The number of pyridine rings is 1. The van der Waals surface area contributed by atoms with E-state index in [1.54, 1.807) is 30.6 Å². The minimum Gasteiger partial charge on any atom is -0.237 e. The summed E-state index contributed by atoms with van der Waals surface area (Å²) in [5.41, 5.74) is 2.59. The van der Waals surface area contributed by atoms with E-state index in [0.29, 0.717) is 23.0 Å². The summed E-state index contributed by atoms with van der Waals surface area (Å²) in [5, 5.41) is 0.444. The van der Waals surface area contributed by atoms with Crippen LogP contribution < -0.4 is 0 Å². The molecule has 1 aromatic carbocycles. The third-order valence-corrected chi connectivity index (χ3v) is 7.08. The van der Waals surface area contributed by atoms with Crippen molar-refractivity contribution in [2.75, 3.05) is 6.26 Å². The van der Waals surface area contributed by atoms with E-state index in [0.717, 1.165) is 17.4 Å². The van der Waals surface area contributed by atoms with Gasteiger partial charge in [0.25, 0.3) is 10.0 Å². The number of aromatic nitrogens is 4. The minimum absolute atomic E-state index is 0.164. The molecule has 3 aromatic heterocycles. The van der Waals surface area contributed by atoms with Gasteiger partial charge in [0.05, 0.1) is 4.90 Å². The SMILES string of the molecule is Cc1cnc2c(c1)c(Cc1cnc(S(C)(=O)=O)nc1)cn2S(=O)(=O)c1ccccc1. The second-order valence-electron chi connectivity index (χ2n) is 6.97. The lowest BCUT2D eigenvalue weighted by atomic mass is 10.1. The standard InChI is InChI=1S/C20H18N4O4S2/c1-14-8-18-16(9-15-11-22-20(23-12-15)29(2,25)26)13-24(19(18)21-10-14)30(27,28)17-6-4-3-5-7-17/h3-8,10-13H,9H2,1-2H3. The van der Waals surface area contributed by atoms with E-state index in [9.17, 15) is 16.8 Å². The van der Waals surface area contributed by atoms with Crippen molar-refractivity contribution in [2.24, 2.45) is 0 Å². The molecule has 0 saturated carbocycles. The van der Waals surface area contributed by atoms with Crippen molar-refractivity contribution in [2.45, 2.75) is 23.4 Å². The number of fused-ring (bicyclic) bond motifs is 1. The van der Waals surface area contributed by atoms with Gasteiger partial charge < -0.3 is 0 Å². The molecule has 0 amide bonds. The van der Waals surface area contributed by atoms with Crippen LogP contribution >= 0.6 is 0 Å². The van der Waals surface area contributed by atoms with Gasteiger partial charge in [0.1, 0.15) is 0 Å². The average molecular weight is 443 g/mol. The van der Waals surface area contributed by atoms with Gasteiger partial charge in [0.2, 0.25) is 15.0 Å². The first-order valence-electron chi connectivity index (χ1n) is 8.94. The molecular formula is C20H18N4O4S2. The van der Waals surface area contributed by atoms with Crippen molar-refractivity contribution in [3.8, 4) is 0 Å². The summed E-state index contributed by atoms with van der Waals surface area (Å²) in [7, 11) is -7.33. The quantitative estimate of drug-likeness (QED) is 0.436. The molecule has 0 unspecified atom stereocenters. The normalized spacial score (nSPS) is 12.3. The Morgan fingerprint density at radius 2 is 1.60 bits per heavy atom. The maximum Gasteiger partial charge on any atom is 0.269 e. The molecule has 4 aromatic rings. The Bertz CT molecular complexity index is 1440. The topological polar surface area (TPSA) is 112 Å². The molecule has 0 aliphatic heterocycles. The fourth-order valence-electron chi connectivity index (χ4n) is 3.12. The van der Waals surface area contributed by atoms with Crippen molar-refractivity contribution in [3.05, 3.63) is 77.9 Å². The summed E-state index contributed by atoms with van der Waals surface area (Å²) in [4.78, 5) is 12.3. The van der Waals surface area contributed by atoms with Gasteiger partial charge >= 0.3 is 0 Å². The van der Waals surface area contributed by atoms with E-state index >= 15 is 0 Å². The molecule has 8 nitrogen and oxygen atoms in total. The lowest BCUT2D eigenvalue weighted by Gasteiger charge is -2.06. The van der Waals surface area contributed by atoms with Crippen LogP contribution in [0.25, 0.3) is 11.0 Å². The third-order valence-electron chi connectivity index (χ3n) is 4.54. The summed E-state index contributed by atoms with van der Waals surface area (Å²) >= 11 is 0. The molecule has 0 aliphatic carbocycles. The summed E-state index contributed by atoms with van der Waals surface area (Å²) in [6, 6.07) is 10.0. The fourth-order valence-corrected chi connectivity index (χ4v) is 4.98. The Morgan fingerprint density at radius 3 is 2.23 bits per heavy atom. The zero-order chi connectivity index (χ0) is 21.5. The molecule has 0 saturated heterocycles. The summed E-state index contributed by atoms with van der Waals surface area (Å²) in [6.07, 6.45) is 7.39. The Morgan fingerprint density at radius 1 is 0.933 bits per heavy atom. The number of hydrogen-bond donors (Lipinski definition) is 0. The van der Waals surface area contributed by atoms with Gasteiger partial charge in [0, 0.05) is 42.9 Å². The summed E-state index contributed by atoms with van der Waals surface area (Å²) in [5.74, 6) is 0. The zero-order valence-electron chi connectivity index (χ0n) is 16.2. The van der Waals surface area contributed by atoms with Crippen LogP contribution in [0.4, 0.5) is 0 Å². The first kappa shape index (κ1) is 20.2. The van der Waals surface area contributed by atoms with Gasteiger partial charge in [-0.3, -0.25) is 0 Å². The highest BCUT2D eigenvalue weighted by molar-refractivity contribution is 7.90. The highest BCUT2D eigenvalue weighted by atomic mass is 32.2. The van der Waals surface area contributed by atoms with Gasteiger partial charge in [-0.1, -0.05) is 18.2 Å². The molecular weight excluding hydrogens is 424 g/mol. The van der Waals surface area contributed by atoms with Gasteiger partial charge in [-0.15, -0.1) is 0 Å². The molecule has 0 radical (unpaired) electrons. The van der Waals surface area contributed by atoms with Crippen molar-refractivity contribution in [1.82, 2.24) is 18.9 Å². The lowest BCUT2D eigenvalue weighted by Crippen LogP contribution is -2.12. The predicted octanol–water partition coefficient (Wildman–Crippen LogP) is 2.37. The Balaban J connectivity index is 1.83. The van der Waals surface area contributed by atoms with Gasteiger partial charge in [-0.25, -0.2) is 35.8 Å². The number of nitrogens with zero attached hydrogens (tertiary/aromatic N) is 4. The van der Waals surface area contributed by atoms with E-state index < -0.39 is 19.9 Å². The van der Waals surface area contributed by atoms with Crippen LogP contribution in [-0.4, -0.2) is 42.0 Å². The molecule has 30 heavy (non-hydrogen) atoms. The minimum atomic E-state index is -3.83. The monoisotopic (exact) mass is 442 g/mol. The predicted molar refractivity (Wildman–Crippen MR) is 111 cm³/mol. The van der Waals surface area contributed by atoms with Crippen molar-refractivity contribution in [3.63, 3.8) is 0 Å². The molecule has 154 valence electrons. The molecule has 4 rings (SSSR count). The number of benzene rings is 1. The third kappa shape index (κ3) is 3.71. The second kappa shape index (κ2) is 7.29. The molecule has 0 aliphatic rings. The van der Waals surface area contributed by atoms with Crippen LogP contribution in [0.2, 0.25) is 0 Å². The van der Waals surface area contributed by atoms with E-state index in [4.69, 9.17) is 0 Å². The van der Waals surface area contributed by atoms with Crippen molar-refractivity contribution < 1.29 is 16.8 Å². The Labute approximate surface area is 174 Å². The highest BCUT2D eigenvalue weighted by Crippen LogP contribution is 2.27. The van der Waals surface area contributed by atoms with E-state index in [2.05, 4.69) is 15.0 Å². The Kier molecular flexibility index (Phi) is 4.91. The molecule has 0 atom stereocenters. The van der Waals surface area contributed by atoms with E-state index in [-0.39, 0.29) is 10.1 Å². The number of sulfone groups is 1. The molecule has 3 heterocycles. The van der Waals surface area contributed by atoms with Gasteiger partial charge in [-0.05, 0) is 41.8 Å². The molecule has 0 fully saturated rings. The summed E-state index contributed by atoms with van der Waals surface area (Å²) in [6.45, 7) is 1.88. The van der Waals surface area contributed by atoms with E-state index in [1.807, 2.05) is 13.0 Å². The van der Waals surface area contributed by atoms with Crippen LogP contribution in [-0.2, 0) is 26.3 Å². The number of aryl methyl sites for hydroxylation is 1.